The fourth-order valence-electron chi connectivity index (χ4n) is 1.06. The number of benzene rings is 1. The highest BCUT2D eigenvalue weighted by molar-refractivity contribution is 6.52. The Hall–Kier alpha value is -0.273. The van der Waals surface area contributed by atoms with Crippen molar-refractivity contribution in [3.05, 3.63) is 28.3 Å². The number of rotatable bonds is 1. The number of hydrogen-bond acceptors (Lipinski definition) is 0. The fraction of sp³-hybridized carbons (Fsp3) is 0.333. The van der Waals surface area contributed by atoms with E-state index in [1.54, 1.807) is 0 Å². The summed E-state index contributed by atoms with van der Waals surface area (Å²) in [5.41, 5.74) is 2.57. The molecule has 0 aliphatic heterocycles. The quantitative estimate of drug-likeness (QED) is 0.585. The minimum atomic E-state index is 0.863. The monoisotopic (exact) mass is 182 g/mol. The molecule has 2 heteroatoms. The van der Waals surface area contributed by atoms with E-state index in [1.807, 2.05) is 6.07 Å². The van der Waals surface area contributed by atoms with Crippen LogP contribution in [0.2, 0.25) is 11.6 Å². The Morgan fingerprint density at radius 3 is 2.36 bits per heavy atom. The van der Waals surface area contributed by atoms with Crippen molar-refractivity contribution < 1.29 is 0 Å². The summed E-state index contributed by atoms with van der Waals surface area (Å²) in [6, 6.07) is 4.10. The Labute approximate surface area is 75.4 Å². The molecule has 58 valence electrons. The summed E-state index contributed by atoms with van der Waals surface area (Å²) >= 11 is 5.95. The third kappa shape index (κ3) is 1.66. The smallest absolute Gasteiger partial charge is 0.0777 e. The van der Waals surface area contributed by atoms with Gasteiger partial charge < -0.3 is 0 Å². The molecule has 0 fully saturated rings. The molecule has 0 aliphatic rings. The summed E-state index contributed by atoms with van der Waals surface area (Å²) in [5, 5.41) is 2.30. The molecule has 0 spiro atoms. The lowest BCUT2D eigenvalue weighted by atomic mass is 10.1. The second kappa shape index (κ2) is 3.42. The summed E-state index contributed by atoms with van der Waals surface area (Å²) in [5.74, 6) is 0. The van der Waals surface area contributed by atoms with E-state index >= 15 is 0 Å². The number of halogens is 1. The van der Waals surface area contributed by atoms with E-state index in [0.29, 0.717) is 0 Å². The van der Waals surface area contributed by atoms with Gasteiger partial charge in [-0.15, -0.1) is 0 Å². The molecule has 0 atom stereocenters. The standard InChI is InChI=1S/C9H11ClSi/c1-6-7(2)9(11-3)5-4-8(6)10/h4-5H,1-3H3. The summed E-state index contributed by atoms with van der Waals surface area (Å²) in [6.07, 6.45) is 0. The zero-order valence-corrected chi connectivity index (χ0v) is 8.79. The largest absolute Gasteiger partial charge is 0.0840 e. The van der Waals surface area contributed by atoms with E-state index in [9.17, 15) is 0 Å². The van der Waals surface area contributed by atoms with Gasteiger partial charge in [-0.25, -0.2) is 0 Å². The van der Waals surface area contributed by atoms with Crippen LogP contribution in [0, 0.1) is 13.8 Å². The molecule has 0 nitrogen and oxygen atoms in total. The van der Waals surface area contributed by atoms with E-state index in [2.05, 4.69) is 26.5 Å². The minimum Gasteiger partial charge on any atom is -0.0840 e. The molecule has 0 heterocycles. The van der Waals surface area contributed by atoms with E-state index in [4.69, 9.17) is 11.6 Å². The first kappa shape index (κ1) is 8.82. The van der Waals surface area contributed by atoms with Crippen molar-refractivity contribution in [2.24, 2.45) is 0 Å². The van der Waals surface area contributed by atoms with Gasteiger partial charge in [-0.1, -0.05) is 29.4 Å². The molecule has 0 aromatic heterocycles. The number of hydrogen-bond donors (Lipinski definition) is 0. The summed E-state index contributed by atoms with van der Waals surface area (Å²) in [6.45, 7) is 6.39. The van der Waals surface area contributed by atoms with Crippen LogP contribution in [0.25, 0.3) is 0 Å². The van der Waals surface area contributed by atoms with Crippen molar-refractivity contribution in [3.63, 3.8) is 0 Å². The molecular formula is C9H11ClSi. The van der Waals surface area contributed by atoms with Gasteiger partial charge in [0.1, 0.15) is 0 Å². The predicted molar refractivity (Wildman–Crippen MR) is 52.2 cm³/mol. The topological polar surface area (TPSA) is 0 Å². The molecule has 0 amide bonds. The zero-order chi connectivity index (χ0) is 8.43. The van der Waals surface area contributed by atoms with Gasteiger partial charge in [0.2, 0.25) is 0 Å². The van der Waals surface area contributed by atoms with Gasteiger partial charge in [-0.2, -0.15) is 0 Å². The van der Waals surface area contributed by atoms with Crippen molar-refractivity contribution in [1.29, 1.82) is 0 Å². The summed E-state index contributed by atoms with van der Waals surface area (Å²) in [4.78, 5) is 0. The van der Waals surface area contributed by atoms with Gasteiger partial charge in [-0.3, -0.25) is 0 Å². The van der Waals surface area contributed by atoms with Crippen LogP contribution < -0.4 is 5.19 Å². The second-order valence-electron chi connectivity index (χ2n) is 2.59. The molecule has 1 aromatic rings. The van der Waals surface area contributed by atoms with Crippen molar-refractivity contribution >= 4 is 26.3 Å². The highest BCUT2D eigenvalue weighted by atomic mass is 35.5. The molecule has 0 saturated carbocycles. The van der Waals surface area contributed by atoms with Gasteiger partial charge in [0.15, 0.2) is 0 Å². The first-order valence-corrected chi connectivity index (χ1v) is 5.48. The fourth-order valence-corrected chi connectivity index (χ4v) is 2.08. The second-order valence-corrected chi connectivity index (χ2v) is 4.04. The van der Waals surface area contributed by atoms with Crippen molar-refractivity contribution in [1.82, 2.24) is 0 Å². The van der Waals surface area contributed by atoms with Crippen LogP contribution in [-0.2, 0) is 0 Å². The maximum atomic E-state index is 5.95. The zero-order valence-electron chi connectivity index (χ0n) is 7.03. The average Bonchev–Trinajstić information content (AvgIpc) is 2.01. The molecule has 1 aromatic carbocycles. The molecular weight excluding hydrogens is 172 g/mol. The highest BCUT2D eigenvalue weighted by Gasteiger charge is 2.02. The first-order valence-electron chi connectivity index (χ1n) is 3.60. The minimum absolute atomic E-state index is 0.863. The van der Waals surface area contributed by atoms with E-state index in [0.717, 1.165) is 14.5 Å². The molecule has 0 N–H and O–H groups in total. The van der Waals surface area contributed by atoms with Crippen LogP contribution in [0.3, 0.4) is 0 Å². The van der Waals surface area contributed by atoms with Gasteiger partial charge >= 0.3 is 0 Å². The molecule has 1 rings (SSSR count). The molecule has 2 radical (unpaired) electrons. The molecule has 11 heavy (non-hydrogen) atoms. The van der Waals surface area contributed by atoms with E-state index in [1.165, 1.54) is 16.3 Å². The van der Waals surface area contributed by atoms with E-state index in [-0.39, 0.29) is 0 Å². The van der Waals surface area contributed by atoms with Crippen LogP contribution in [0.1, 0.15) is 11.1 Å². The Morgan fingerprint density at radius 2 is 1.82 bits per heavy atom. The van der Waals surface area contributed by atoms with Crippen LogP contribution in [0.5, 0.6) is 0 Å². The normalized spacial score (nSPS) is 10.2. The van der Waals surface area contributed by atoms with Crippen LogP contribution in [0.4, 0.5) is 0 Å². The lowest BCUT2D eigenvalue weighted by molar-refractivity contribution is 1.37. The summed E-state index contributed by atoms with van der Waals surface area (Å²) < 4.78 is 0. The molecule has 0 saturated heterocycles. The predicted octanol–water partition coefficient (Wildman–Crippen LogP) is 2.33. The lowest BCUT2D eigenvalue weighted by Crippen LogP contribution is -2.15. The summed E-state index contributed by atoms with van der Waals surface area (Å²) in [7, 11) is 0.863. The van der Waals surface area contributed by atoms with Gasteiger partial charge in [-0.05, 0) is 31.0 Å². The van der Waals surface area contributed by atoms with Crippen LogP contribution >= 0.6 is 11.6 Å². The van der Waals surface area contributed by atoms with Crippen LogP contribution in [-0.4, -0.2) is 9.52 Å². The Balaban J connectivity index is 3.25. The Kier molecular flexibility index (Phi) is 2.74. The average molecular weight is 183 g/mol. The van der Waals surface area contributed by atoms with Crippen molar-refractivity contribution in [2.75, 3.05) is 0 Å². The highest BCUT2D eigenvalue weighted by Crippen LogP contribution is 2.15. The van der Waals surface area contributed by atoms with Crippen LogP contribution in [0.15, 0.2) is 12.1 Å². The van der Waals surface area contributed by atoms with Crippen molar-refractivity contribution in [3.8, 4) is 0 Å². The van der Waals surface area contributed by atoms with Gasteiger partial charge in [0.25, 0.3) is 0 Å². The van der Waals surface area contributed by atoms with Gasteiger partial charge in [0, 0.05) is 5.02 Å². The molecule has 0 unspecified atom stereocenters. The van der Waals surface area contributed by atoms with Gasteiger partial charge in [0.05, 0.1) is 9.52 Å². The third-order valence-corrected chi connectivity index (χ3v) is 3.48. The van der Waals surface area contributed by atoms with E-state index < -0.39 is 0 Å². The SMILES string of the molecule is C[Si]c1ccc(Cl)c(C)c1C. The molecule has 0 bridgehead atoms. The Morgan fingerprint density at radius 1 is 1.18 bits per heavy atom. The Bertz CT molecular complexity index is 269. The van der Waals surface area contributed by atoms with Crippen molar-refractivity contribution in [2.45, 2.75) is 20.4 Å². The molecule has 0 aliphatic carbocycles. The maximum Gasteiger partial charge on any atom is 0.0777 e. The maximum absolute atomic E-state index is 5.95. The lowest BCUT2D eigenvalue weighted by Gasteiger charge is -2.06. The third-order valence-electron chi connectivity index (χ3n) is 1.99. The first-order chi connectivity index (χ1) is 5.16.